The Hall–Kier alpha value is 0.180. The maximum atomic E-state index is 13.1. The predicted octanol–water partition coefficient (Wildman–Crippen LogP) is 1.77. The van der Waals surface area contributed by atoms with Crippen LogP contribution in [0, 0.1) is 11.8 Å². The maximum absolute atomic E-state index is 13.1. The molecule has 2 rings (SSSR count). The van der Waals surface area contributed by atoms with E-state index in [0.29, 0.717) is 11.8 Å². The molecule has 1 saturated carbocycles. The third kappa shape index (κ3) is 1.67. The standard InChI is InChI=1S/C8H14FN.ClH/c9-8-3-1-2-6-4-10-5-7(6)8;/h6-8,10H,1-5H2;1H. The molecule has 3 atom stereocenters. The predicted molar refractivity (Wildman–Crippen MR) is 45.8 cm³/mol. The first-order valence-corrected chi connectivity index (χ1v) is 4.22. The van der Waals surface area contributed by atoms with Gasteiger partial charge in [-0.25, -0.2) is 4.39 Å². The molecular formula is C8H15ClFN. The molecule has 1 N–H and O–H groups in total. The lowest BCUT2D eigenvalue weighted by atomic mass is 9.80. The van der Waals surface area contributed by atoms with E-state index in [9.17, 15) is 4.39 Å². The van der Waals surface area contributed by atoms with E-state index in [2.05, 4.69) is 5.32 Å². The van der Waals surface area contributed by atoms with Crippen LogP contribution in [-0.4, -0.2) is 19.3 Å². The van der Waals surface area contributed by atoms with Gasteiger partial charge >= 0.3 is 0 Å². The molecule has 1 nitrogen and oxygen atoms in total. The third-order valence-corrected chi connectivity index (χ3v) is 2.91. The molecule has 3 unspecified atom stereocenters. The van der Waals surface area contributed by atoms with Crippen LogP contribution in [0.2, 0.25) is 0 Å². The van der Waals surface area contributed by atoms with Gasteiger partial charge in [-0.05, 0) is 25.3 Å². The number of rotatable bonds is 0. The lowest BCUT2D eigenvalue weighted by Crippen LogP contribution is -2.28. The molecule has 1 aliphatic carbocycles. The van der Waals surface area contributed by atoms with Crippen molar-refractivity contribution in [3.05, 3.63) is 0 Å². The first kappa shape index (κ1) is 9.27. The third-order valence-electron chi connectivity index (χ3n) is 2.91. The molecule has 0 aromatic carbocycles. The Bertz CT molecular complexity index is 131. The van der Waals surface area contributed by atoms with Crippen molar-refractivity contribution < 1.29 is 4.39 Å². The van der Waals surface area contributed by atoms with Gasteiger partial charge in [0, 0.05) is 12.5 Å². The van der Waals surface area contributed by atoms with Crippen molar-refractivity contribution in [3.63, 3.8) is 0 Å². The van der Waals surface area contributed by atoms with Gasteiger partial charge in [-0.1, -0.05) is 6.42 Å². The summed E-state index contributed by atoms with van der Waals surface area (Å²) in [6.07, 6.45) is 2.65. The van der Waals surface area contributed by atoms with Gasteiger partial charge in [0.1, 0.15) is 6.17 Å². The minimum absolute atomic E-state index is 0. The van der Waals surface area contributed by atoms with Gasteiger partial charge < -0.3 is 5.32 Å². The van der Waals surface area contributed by atoms with Crippen molar-refractivity contribution in [2.75, 3.05) is 13.1 Å². The summed E-state index contributed by atoms with van der Waals surface area (Å²) in [5.41, 5.74) is 0. The average molecular weight is 180 g/mol. The minimum Gasteiger partial charge on any atom is -0.316 e. The van der Waals surface area contributed by atoms with Crippen LogP contribution in [0.4, 0.5) is 4.39 Å². The van der Waals surface area contributed by atoms with Crippen LogP contribution in [0.3, 0.4) is 0 Å². The van der Waals surface area contributed by atoms with Gasteiger partial charge in [0.05, 0.1) is 0 Å². The van der Waals surface area contributed by atoms with Gasteiger partial charge in [-0.15, -0.1) is 12.4 Å². The smallest absolute Gasteiger partial charge is 0.104 e. The normalized spacial score (nSPS) is 42.8. The van der Waals surface area contributed by atoms with E-state index < -0.39 is 6.17 Å². The summed E-state index contributed by atoms with van der Waals surface area (Å²) in [6, 6.07) is 0. The van der Waals surface area contributed by atoms with Crippen molar-refractivity contribution >= 4 is 12.4 Å². The van der Waals surface area contributed by atoms with Crippen molar-refractivity contribution in [2.45, 2.75) is 25.4 Å². The van der Waals surface area contributed by atoms with Gasteiger partial charge in [-0.2, -0.15) is 0 Å². The van der Waals surface area contributed by atoms with Crippen molar-refractivity contribution in [1.29, 1.82) is 0 Å². The molecular weight excluding hydrogens is 165 g/mol. The number of alkyl halides is 1. The van der Waals surface area contributed by atoms with E-state index in [1.807, 2.05) is 0 Å². The number of halogens is 2. The summed E-state index contributed by atoms with van der Waals surface area (Å²) >= 11 is 0. The second kappa shape index (κ2) is 3.72. The molecule has 1 aliphatic heterocycles. The van der Waals surface area contributed by atoms with E-state index in [1.165, 1.54) is 6.42 Å². The Morgan fingerprint density at radius 2 is 2.00 bits per heavy atom. The fourth-order valence-corrected chi connectivity index (χ4v) is 2.28. The SMILES string of the molecule is Cl.FC1CCCC2CNCC12. The molecule has 0 bridgehead atoms. The molecule has 0 radical (unpaired) electrons. The zero-order valence-corrected chi connectivity index (χ0v) is 7.37. The summed E-state index contributed by atoms with van der Waals surface area (Å²) in [6.45, 7) is 1.98. The molecule has 11 heavy (non-hydrogen) atoms. The van der Waals surface area contributed by atoms with Gasteiger partial charge in [0.2, 0.25) is 0 Å². The molecule has 3 heteroatoms. The van der Waals surface area contributed by atoms with Crippen LogP contribution >= 0.6 is 12.4 Å². The van der Waals surface area contributed by atoms with E-state index in [-0.39, 0.29) is 12.4 Å². The van der Waals surface area contributed by atoms with Gasteiger partial charge in [0.15, 0.2) is 0 Å². The van der Waals surface area contributed by atoms with E-state index in [4.69, 9.17) is 0 Å². The average Bonchev–Trinajstić information content (AvgIpc) is 2.36. The Labute approximate surface area is 73.2 Å². The van der Waals surface area contributed by atoms with Crippen LogP contribution in [0.1, 0.15) is 19.3 Å². The molecule has 0 spiro atoms. The topological polar surface area (TPSA) is 12.0 Å². The number of fused-ring (bicyclic) bond motifs is 1. The fraction of sp³-hybridized carbons (Fsp3) is 1.00. The second-order valence-corrected chi connectivity index (χ2v) is 3.53. The monoisotopic (exact) mass is 179 g/mol. The molecule has 0 amide bonds. The highest BCUT2D eigenvalue weighted by atomic mass is 35.5. The fourth-order valence-electron chi connectivity index (χ4n) is 2.28. The summed E-state index contributed by atoms with van der Waals surface area (Å²) in [7, 11) is 0. The first-order valence-electron chi connectivity index (χ1n) is 4.22. The van der Waals surface area contributed by atoms with E-state index in [0.717, 1.165) is 25.9 Å². The first-order chi connectivity index (χ1) is 4.88. The van der Waals surface area contributed by atoms with Crippen molar-refractivity contribution in [1.82, 2.24) is 5.32 Å². The van der Waals surface area contributed by atoms with Crippen LogP contribution in [0.5, 0.6) is 0 Å². The van der Waals surface area contributed by atoms with Crippen LogP contribution < -0.4 is 5.32 Å². The molecule has 2 fully saturated rings. The maximum Gasteiger partial charge on any atom is 0.104 e. The Morgan fingerprint density at radius 1 is 1.18 bits per heavy atom. The Kier molecular flexibility index (Phi) is 3.14. The molecule has 1 saturated heterocycles. The summed E-state index contributed by atoms with van der Waals surface area (Å²) < 4.78 is 13.1. The highest BCUT2D eigenvalue weighted by Crippen LogP contribution is 2.34. The highest BCUT2D eigenvalue weighted by Gasteiger charge is 2.36. The second-order valence-electron chi connectivity index (χ2n) is 3.53. The molecule has 1 heterocycles. The molecule has 0 aromatic rings. The van der Waals surface area contributed by atoms with Crippen LogP contribution in [-0.2, 0) is 0 Å². The van der Waals surface area contributed by atoms with Crippen molar-refractivity contribution in [3.8, 4) is 0 Å². The zero-order valence-electron chi connectivity index (χ0n) is 6.55. The van der Waals surface area contributed by atoms with Crippen LogP contribution in [0.25, 0.3) is 0 Å². The summed E-state index contributed by atoms with van der Waals surface area (Å²) in [5, 5.41) is 3.25. The number of nitrogens with one attached hydrogen (secondary N) is 1. The minimum atomic E-state index is -0.506. The molecule has 0 aromatic heterocycles. The van der Waals surface area contributed by atoms with Gasteiger partial charge in [0.25, 0.3) is 0 Å². The summed E-state index contributed by atoms with van der Waals surface area (Å²) in [5.74, 6) is 1.01. The largest absolute Gasteiger partial charge is 0.316 e. The zero-order chi connectivity index (χ0) is 6.97. The lowest BCUT2D eigenvalue weighted by Gasteiger charge is -2.27. The highest BCUT2D eigenvalue weighted by molar-refractivity contribution is 5.85. The molecule has 66 valence electrons. The molecule has 2 aliphatic rings. The van der Waals surface area contributed by atoms with E-state index >= 15 is 0 Å². The van der Waals surface area contributed by atoms with Gasteiger partial charge in [-0.3, -0.25) is 0 Å². The number of hydrogen-bond donors (Lipinski definition) is 1. The number of hydrogen-bond acceptors (Lipinski definition) is 1. The van der Waals surface area contributed by atoms with Crippen molar-refractivity contribution in [2.24, 2.45) is 11.8 Å². The quantitative estimate of drug-likeness (QED) is 0.598. The van der Waals surface area contributed by atoms with E-state index in [1.54, 1.807) is 0 Å². The summed E-state index contributed by atoms with van der Waals surface area (Å²) in [4.78, 5) is 0. The Balaban J connectivity index is 0.000000605. The lowest BCUT2D eigenvalue weighted by molar-refractivity contribution is 0.142. The Morgan fingerprint density at radius 3 is 2.73 bits per heavy atom. The van der Waals surface area contributed by atoms with Crippen LogP contribution in [0.15, 0.2) is 0 Å².